The Morgan fingerprint density at radius 3 is 1.67 bits per heavy atom. The van der Waals surface area contributed by atoms with Crippen LogP contribution >= 0.6 is 0 Å². The van der Waals surface area contributed by atoms with Crippen molar-refractivity contribution in [2.45, 2.75) is 0 Å². The van der Waals surface area contributed by atoms with Gasteiger partial charge in [0.2, 0.25) is 0 Å². The van der Waals surface area contributed by atoms with Crippen molar-refractivity contribution in [3.63, 3.8) is 0 Å². The molecule has 0 saturated carbocycles. The fraction of sp³-hybridized carbons (Fsp3) is 0. The van der Waals surface area contributed by atoms with Crippen LogP contribution in [0.3, 0.4) is 0 Å². The third-order valence-corrected chi connectivity index (χ3v) is 3.09. The van der Waals surface area contributed by atoms with E-state index in [-0.39, 0.29) is 5.82 Å². The zero-order chi connectivity index (χ0) is 14.5. The van der Waals surface area contributed by atoms with Crippen LogP contribution in [-0.2, 0) is 0 Å². The lowest BCUT2D eigenvalue weighted by Crippen LogP contribution is -1.98. The summed E-state index contributed by atoms with van der Waals surface area (Å²) in [6.45, 7) is 0. The Balaban J connectivity index is 1.90. The molecule has 104 valence electrons. The predicted octanol–water partition coefficient (Wildman–Crippen LogP) is 5.31. The molecule has 0 amide bonds. The van der Waals surface area contributed by atoms with E-state index in [1.165, 1.54) is 12.1 Å². The molecule has 0 fully saturated rings. The summed E-state index contributed by atoms with van der Waals surface area (Å²) in [7, 11) is 0. The highest BCUT2D eigenvalue weighted by atomic mass is 19.1. The Morgan fingerprint density at radius 1 is 0.571 bits per heavy atom. The molecule has 3 aromatic carbocycles. The summed E-state index contributed by atoms with van der Waals surface area (Å²) in [5.41, 5.74) is 3.40. The number of anilines is 4. The first-order valence-electron chi connectivity index (χ1n) is 6.75. The largest absolute Gasteiger partial charge is 0.354 e. The fourth-order valence-electron chi connectivity index (χ4n) is 2.08. The Kier molecular flexibility index (Phi) is 3.83. The molecule has 0 bridgehead atoms. The minimum Gasteiger partial charge on any atom is -0.354 e. The van der Waals surface area contributed by atoms with E-state index in [2.05, 4.69) is 10.6 Å². The third kappa shape index (κ3) is 3.39. The van der Waals surface area contributed by atoms with Gasteiger partial charge in [-0.05, 0) is 42.5 Å². The maximum Gasteiger partial charge on any atom is 0.125 e. The quantitative estimate of drug-likeness (QED) is 0.675. The molecule has 3 heteroatoms. The van der Waals surface area contributed by atoms with Crippen molar-refractivity contribution < 1.29 is 4.39 Å². The van der Waals surface area contributed by atoms with Crippen molar-refractivity contribution in [2.24, 2.45) is 0 Å². The molecule has 3 aromatic rings. The highest BCUT2D eigenvalue weighted by Crippen LogP contribution is 2.29. The predicted molar refractivity (Wildman–Crippen MR) is 85.8 cm³/mol. The van der Waals surface area contributed by atoms with Crippen LogP contribution in [0, 0.1) is 5.82 Å². The monoisotopic (exact) mass is 278 g/mol. The van der Waals surface area contributed by atoms with Gasteiger partial charge in [0, 0.05) is 11.4 Å². The summed E-state index contributed by atoms with van der Waals surface area (Å²) in [4.78, 5) is 0. The minimum atomic E-state index is -0.271. The molecule has 3 rings (SSSR count). The van der Waals surface area contributed by atoms with Crippen LogP contribution in [0.4, 0.5) is 27.1 Å². The molecule has 0 aromatic heterocycles. The normalized spacial score (nSPS) is 10.1. The molecule has 0 aliphatic rings. The van der Waals surface area contributed by atoms with Crippen molar-refractivity contribution in [2.75, 3.05) is 10.6 Å². The molecule has 0 spiro atoms. The van der Waals surface area contributed by atoms with E-state index in [4.69, 9.17) is 0 Å². The highest BCUT2D eigenvalue weighted by Gasteiger charge is 2.05. The summed E-state index contributed by atoms with van der Waals surface area (Å²) in [5, 5.41) is 6.52. The summed E-state index contributed by atoms with van der Waals surface area (Å²) < 4.78 is 13.5. The second kappa shape index (κ2) is 6.09. The van der Waals surface area contributed by atoms with E-state index in [9.17, 15) is 4.39 Å². The third-order valence-electron chi connectivity index (χ3n) is 3.09. The van der Waals surface area contributed by atoms with E-state index in [1.54, 1.807) is 6.07 Å². The molecule has 2 nitrogen and oxygen atoms in total. The van der Waals surface area contributed by atoms with Crippen LogP contribution in [0.2, 0.25) is 0 Å². The number of nitrogens with one attached hydrogen (secondary N) is 2. The smallest absolute Gasteiger partial charge is 0.125 e. The molecular weight excluding hydrogens is 263 g/mol. The average molecular weight is 278 g/mol. The molecule has 0 atom stereocenters. The van der Waals surface area contributed by atoms with Crippen molar-refractivity contribution in [3.05, 3.63) is 84.7 Å². The molecule has 21 heavy (non-hydrogen) atoms. The van der Waals surface area contributed by atoms with Gasteiger partial charge in [-0.25, -0.2) is 4.39 Å². The molecule has 0 radical (unpaired) electrons. The zero-order valence-electron chi connectivity index (χ0n) is 11.4. The SMILES string of the molecule is Fc1ccc(Nc2ccccc2)c(Nc2ccccc2)c1. The van der Waals surface area contributed by atoms with Gasteiger partial charge in [-0.1, -0.05) is 36.4 Å². The summed E-state index contributed by atoms with van der Waals surface area (Å²) in [5.74, 6) is -0.271. The maximum atomic E-state index is 13.5. The first kappa shape index (κ1) is 13.2. The van der Waals surface area contributed by atoms with Gasteiger partial charge in [0.1, 0.15) is 5.82 Å². The van der Waals surface area contributed by atoms with Gasteiger partial charge in [-0.2, -0.15) is 0 Å². The average Bonchev–Trinajstić information content (AvgIpc) is 2.52. The highest BCUT2D eigenvalue weighted by molar-refractivity contribution is 5.78. The molecular formula is C18H15FN2. The van der Waals surface area contributed by atoms with Gasteiger partial charge in [0.25, 0.3) is 0 Å². The first-order chi connectivity index (χ1) is 10.3. The van der Waals surface area contributed by atoms with Gasteiger partial charge in [0.05, 0.1) is 11.4 Å². The van der Waals surface area contributed by atoms with Crippen LogP contribution in [0.1, 0.15) is 0 Å². The molecule has 2 N–H and O–H groups in total. The number of halogens is 1. The minimum absolute atomic E-state index is 0.271. The van der Waals surface area contributed by atoms with Crippen LogP contribution in [0.5, 0.6) is 0 Å². The molecule has 0 saturated heterocycles. The molecule has 0 aliphatic carbocycles. The van der Waals surface area contributed by atoms with Crippen molar-refractivity contribution in [1.82, 2.24) is 0 Å². The topological polar surface area (TPSA) is 24.1 Å². The second-order valence-electron chi connectivity index (χ2n) is 4.67. The number of para-hydroxylation sites is 2. The Hall–Kier alpha value is -2.81. The first-order valence-corrected chi connectivity index (χ1v) is 6.75. The van der Waals surface area contributed by atoms with Crippen LogP contribution in [0.15, 0.2) is 78.9 Å². The van der Waals surface area contributed by atoms with Crippen LogP contribution in [0.25, 0.3) is 0 Å². The van der Waals surface area contributed by atoms with E-state index in [0.29, 0.717) is 5.69 Å². The standard InChI is InChI=1S/C18H15FN2/c19-14-11-12-17(20-15-7-3-1-4-8-15)18(13-14)21-16-9-5-2-6-10-16/h1-13,20-21H. The van der Waals surface area contributed by atoms with Crippen LogP contribution in [-0.4, -0.2) is 0 Å². The van der Waals surface area contributed by atoms with Crippen molar-refractivity contribution in [1.29, 1.82) is 0 Å². The number of hydrogen-bond donors (Lipinski definition) is 2. The fourth-order valence-corrected chi connectivity index (χ4v) is 2.08. The lowest BCUT2D eigenvalue weighted by molar-refractivity contribution is 0.628. The van der Waals surface area contributed by atoms with E-state index < -0.39 is 0 Å². The Bertz CT molecular complexity index is 712. The van der Waals surface area contributed by atoms with Gasteiger partial charge in [-0.15, -0.1) is 0 Å². The number of rotatable bonds is 4. The maximum absolute atomic E-state index is 13.5. The van der Waals surface area contributed by atoms with Gasteiger partial charge < -0.3 is 10.6 Å². The summed E-state index contributed by atoms with van der Waals surface area (Å²) in [6.07, 6.45) is 0. The molecule has 0 aliphatic heterocycles. The number of benzene rings is 3. The van der Waals surface area contributed by atoms with Gasteiger partial charge in [-0.3, -0.25) is 0 Å². The summed E-state index contributed by atoms with van der Waals surface area (Å²) >= 11 is 0. The Morgan fingerprint density at radius 2 is 1.10 bits per heavy atom. The zero-order valence-corrected chi connectivity index (χ0v) is 11.4. The van der Waals surface area contributed by atoms with E-state index in [1.807, 2.05) is 60.7 Å². The van der Waals surface area contributed by atoms with Gasteiger partial charge in [0.15, 0.2) is 0 Å². The summed E-state index contributed by atoms with van der Waals surface area (Å²) in [6, 6.07) is 24.2. The van der Waals surface area contributed by atoms with E-state index >= 15 is 0 Å². The van der Waals surface area contributed by atoms with E-state index in [0.717, 1.165) is 17.1 Å². The van der Waals surface area contributed by atoms with Crippen molar-refractivity contribution >= 4 is 22.7 Å². The van der Waals surface area contributed by atoms with Crippen LogP contribution < -0.4 is 10.6 Å². The van der Waals surface area contributed by atoms with Crippen molar-refractivity contribution in [3.8, 4) is 0 Å². The lowest BCUT2D eigenvalue weighted by Gasteiger charge is -2.14. The lowest BCUT2D eigenvalue weighted by atomic mass is 10.2. The van der Waals surface area contributed by atoms with Gasteiger partial charge >= 0.3 is 0 Å². The Labute approximate surface area is 123 Å². The number of hydrogen-bond acceptors (Lipinski definition) is 2. The molecule has 0 unspecified atom stereocenters. The second-order valence-corrected chi connectivity index (χ2v) is 4.67. The molecule has 0 heterocycles.